The molecule has 0 bridgehead atoms. The Hall–Kier alpha value is -2.51. The van der Waals surface area contributed by atoms with Crippen molar-refractivity contribution < 1.29 is 18.7 Å². The van der Waals surface area contributed by atoms with Crippen molar-refractivity contribution in [3.8, 4) is 0 Å². The predicted molar refractivity (Wildman–Crippen MR) is 107 cm³/mol. The molecule has 1 saturated heterocycles. The van der Waals surface area contributed by atoms with Crippen LogP contribution in [0.1, 0.15) is 24.1 Å². The highest BCUT2D eigenvalue weighted by atomic mass is 32.2. The molecule has 0 radical (unpaired) electrons. The van der Waals surface area contributed by atoms with E-state index < -0.39 is 12.0 Å². The molecule has 1 heterocycles. The van der Waals surface area contributed by atoms with Gasteiger partial charge in [0.25, 0.3) is 5.91 Å². The van der Waals surface area contributed by atoms with Gasteiger partial charge in [0.1, 0.15) is 10.1 Å². The van der Waals surface area contributed by atoms with Gasteiger partial charge in [-0.2, -0.15) is 0 Å². The van der Waals surface area contributed by atoms with Crippen LogP contribution in [0.4, 0.5) is 4.39 Å². The van der Waals surface area contributed by atoms with E-state index in [0.29, 0.717) is 16.0 Å². The molecule has 1 fully saturated rings. The number of ether oxygens (including phenoxy) is 1. The molecule has 1 amide bonds. The van der Waals surface area contributed by atoms with E-state index in [1.807, 2.05) is 6.07 Å². The molecule has 2 aromatic carbocycles. The highest BCUT2D eigenvalue weighted by molar-refractivity contribution is 8.26. The molecular weight excluding hydrogens is 385 g/mol. The number of amides is 1. The van der Waals surface area contributed by atoms with Crippen molar-refractivity contribution in [1.82, 2.24) is 4.90 Å². The number of nitrogens with zero attached hydrogens (tertiary/aromatic N) is 1. The van der Waals surface area contributed by atoms with Crippen LogP contribution >= 0.6 is 24.0 Å². The summed E-state index contributed by atoms with van der Waals surface area (Å²) in [6, 6.07) is 13.7. The minimum absolute atomic E-state index is 0.197. The number of carbonyl (C=O) groups is 2. The summed E-state index contributed by atoms with van der Waals surface area (Å²) in [7, 11) is 0. The highest BCUT2D eigenvalue weighted by Crippen LogP contribution is 2.38. The summed E-state index contributed by atoms with van der Waals surface area (Å²) in [5.74, 6) is -1.27. The van der Waals surface area contributed by atoms with E-state index in [1.165, 1.54) is 17.0 Å². The van der Waals surface area contributed by atoms with E-state index in [0.717, 1.165) is 11.8 Å². The molecule has 0 N–H and O–H groups in total. The fourth-order valence-electron chi connectivity index (χ4n) is 2.66. The molecule has 2 aromatic rings. The largest absolute Gasteiger partial charge is 0.464 e. The number of hydrogen-bond acceptors (Lipinski definition) is 5. The molecule has 0 spiro atoms. The second kappa shape index (κ2) is 8.45. The summed E-state index contributed by atoms with van der Waals surface area (Å²) in [6.45, 7) is 1.90. The Morgan fingerprint density at radius 2 is 1.89 bits per heavy atom. The Bertz CT molecular complexity index is 897. The van der Waals surface area contributed by atoms with E-state index in [1.54, 1.807) is 49.4 Å². The normalized spacial score (nSPS) is 16.7. The summed E-state index contributed by atoms with van der Waals surface area (Å²) < 4.78 is 18.5. The Morgan fingerprint density at radius 3 is 2.52 bits per heavy atom. The first-order chi connectivity index (χ1) is 13.0. The van der Waals surface area contributed by atoms with Gasteiger partial charge in [0.2, 0.25) is 0 Å². The van der Waals surface area contributed by atoms with Gasteiger partial charge in [-0.1, -0.05) is 66.4 Å². The maximum Gasteiger partial charge on any atom is 0.333 e. The van der Waals surface area contributed by atoms with Crippen LogP contribution in [-0.2, 0) is 14.3 Å². The SMILES string of the molecule is CCOC(=O)C(c1ccccc1)N1C(=O)/C(=C\c2ccc(F)cc2)SC1=S. The van der Waals surface area contributed by atoms with Crippen molar-refractivity contribution in [1.29, 1.82) is 0 Å². The molecule has 1 atom stereocenters. The number of benzene rings is 2. The van der Waals surface area contributed by atoms with E-state index in [2.05, 4.69) is 0 Å². The number of hydrogen-bond donors (Lipinski definition) is 0. The summed E-state index contributed by atoms with van der Waals surface area (Å²) >= 11 is 6.48. The molecular formula is C20H16FNO3S2. The van der Waals surface area contributed by atoms with Crippen LogP contribution in [0.3, 0.4) is 0 Å². The van der Waals surface area contributed by atoms with Crippen LogP contribution in [-0.4, -0.2) is 27.7 Å². The molecule has 0 aromatic heterocycles. The third-order valence-electron chi connectivity index (χ3n) is 3.87. The lowest BCUT2D eigenvalue weighted by molar-refractivity contribution is -0.151. The smallest absolute Gasteiger partial charge is 0.333 e. The Labute approximate surface area is 166 Å². The zero-order chi connectivity index (χ0) is 19.4. The fourth-order valence-corrected chi connectivity index (χ4v) is 3.97. The quantitative estimate of drug-likeness (QED) is 0.424. The zero-order valence-corrected chi connectivity index (χ0v) is 16.1. The summed E-state index contributed by atoms with van der Waals surface area (Å²) in [5.41, 5.74) is 1.29. The minimum atomic E-state index is -0.947. The van der Waals surface area contributed by atoms with E-state index in [9.17, 15) is 14.0 Å². The molecule has 138 valence electrons. The van der Waals surface area contributed by atoms with Crippen LogP contribution in [0, 0.1) is 5.82 Å². The monoisotopic (exact) mass is 401 g/mol. The van der Waals surface area contributed by atoms with Gasteiger partial charge in [-0.25, -0.2) is 9.18 Å². The number of rotatable bonds is 5. The van der Waals surface area contributed by atoms with Crippen molar-refractivity contribution in [3.63, 3.8) is 0 Å². The molecule has 1 aliphatic heterocycles. The van der Waals surface area contributed by atoms with Crippen LogP contribution < -0.4 is 0 Å². The van der Waals surface area contributed by atoms with Crippen LogP contribution in [0.5, 0.6) is 0 Å². The lowest BCUT2D eigenvalue weighted by Crippen LogP contribution is -2.38. The van der Waals surface area contributed by atoms with Crippen molar-refractivity contribution >= 4 is 46.3 Å². The van der Waals surface area contributed by atoms with Gasteiger partial charge >= 0.3 is 5.97 Å². The fraction of sp³-hybridized carbons (Fsp3) is 0.150. The molecule has 0 aliphatic carbocycles. The molecule has 3 rings (SSSR count). The van der Waals surface area contributed by atoms with Crippen LogP contribution in [0.15, 0.2) is 59.5 Å². The molecule has 27 heavy (non-hydrogen) atoms. The zero-order valence-electron chi connectivity index (χ0n) is 14.4. The first-order valence-corrected chi connectivity index (χ1v) is 9.48. The van der Waals surface area contributed by atoms with Gasteiger partial charge in [-0.05, 0) is 36.3 Å². The van der Waals surface area contributed by atoms with Gasteiger partial charge in [-0.15, -0.1) is 0 Å². The van der Waals surface area contributed by atoms with Gasteiger partial charge in [0.15, 0.2) is 6.04 Å². The number of esters is 1. The van der Waals surface area contributed by atoms with Gasteiger partial charge in [-0.3, -0.25) is 9.69 Å². The molecule has 1 unspecified atom stereocenters. The first kappa shape index (κ1) is 19.3. The van der Waals surface area contributed by atoms with Crippen LogP contribution in [0.2, 0.25) is 0 Å². The Balaban J connectivity index is 1.95. The van der Waals surface area contributed by atoms with Crippen molar-refractivity contribution in [2.75, 3.05) is 6.61 Å². The van der Waals surface area contributed by atoms with E-state index in [4.69, 9.17) is 17.0 Å². The first-order valence-electron chi connectivity index (χ1n) is 8.25. The second-order valence-electron chi connectivity index (χ2n) is 5.67. The van der Waals surface area contributed by atoms with E-state index >= 15 is 0 Å². The Morgan fingerprint density at radius 1 is 1.22 bits per heavy atom. The average molecular weight is 401 g/mol. The summed E-state index contributed by atoms with van der Waals surface area (Å²) in [5, 5.41) is 0. The number of thiocarbonyl (C=S) groups is 1. The van der Waals surface area contributed by atoms with E-state index in [-0.39, 0.29) is 22.7 Å². The lowest BCUT2D eigenvalue weighted by atomic mass is 10.1. The highest BCUT2D eigenvalue weighted by Gasteiger charge is 2.42. The topological polar surface area (TPSA) is 46.6 Å². The number of carbonyl (C=O) groups excluding carboxylic acids is 2. The van der Waals surface area contributed by atoms with Crippen LogP contribution in [0.25, 0.3) is 6.08 Å². The summed E-state index contributed by atoms with van der Waals surface area (Å²) in [6.07, 6.45) is 1.63. The standard InChI is InChI=1S/C20H16FNO3S2/c1-2-25-19(24)17(14-6-4-3-5-7-14)22-18(23)16(27-20(22)26)12-13-8-10-15(21)11-9-13/h3-12,17H,2H2,1H3/b16-12+. The predicted octanol–water partition coefficient (Wildman–Crippen LogP) is 4.33. The van der Waals surface area contributed by atoms with Gasteiger partial charge in [0, 0.05) is 0 Å². The summed E-state index contributed by atoms with van der Waals surface area (Å²) in [4.78, 5) is 27.2. The van der Waals surface area contributed by atoms with Crippen molar-refractivity contribution in [2.24, 2.45) is 0 Å². The van der Waals surface area contributed by atoms with Crippen molar-refractivity contribution in [2.45, 2.75) is 13.0 Å². The maximum atomic E-state index is 13.1. The molecule has 7 heteroatoms. The van der Waals surface area contributed by atoms with Gasteiger partial charge < -0.3 is 4.74 Å². The minimum Gasteiger partial charge on any atom is -0.464 e. The number of halogens is 1. The molecule has 1 aliphatic rings. The Kier molecular flexibility index (Phi) is 6.03. The maximum absolute atomic E-state index is 13.1. The average Bonchev–Trinajstić information content (AvgIpc) is 2.93. The van der Waals surface area contributed by atoms with Crippen molar-refractivity contribution in [3.05, 3.63) is 76.4 Å². The van der Waals surface area contributed by atoms with Gasteiger partial charge in [0.05, 0.1) is 11.5 Å². The third-order valence-corrected chi connectivity index (χ3v) is 5.21. The lowest BCUT2D eigenvalue weighted by Gasteiger charge is -2.25. The third kappa shape index (κ3) is 4.26. The second-order valence-corrected chi connectivity index (χ2v) is 7.34. The number of thioether (sulfide) groups is 1. The molecule has 0 saturated carbocycles. The molecule has 4 nitrogen and oxygen atoms in total.